The Morgan fingerprint density at radius 1 is 0.958 bits per heavy atom. The summed E-state index contributed by atoms with van der Waals surface area (Å²) in [6.07, 6.45) is 1.90. The molecule has 5 rings (SSSR count). The van der Waals surface area contributed by atoms with Gasteiger partial charge in [0.05, 0.1) is 5.69 Å². The monoisotopic (exact) mass is 329 g/mol. The van der Waals surface area contributed by atoms with Gasteiger partial charge in [0.2, 0.25) is 0 Å². The number of rotatable bonds is 1. The molecular weight excluding hydrogens is 314 g/mol. The zero-order chi connectivity index (χ0) is 16.3. The highest BCUT2D eigenvalue weighted by atomic mass is 32.1. The summed E-state index contributed by atoms with van der Waals surface area (Å²) >= 11 is 1.83. The number of aryl methyl sites for hydroxylation is 2. The van der Waals surface area contributed by atoms with Gasteiger partial charge in [0, 0.05) is 37.5 Å². The van der Waals surface area contributed by atoms with Gasteiger partial charge in [0.25, 0.3) is 0 Å². The number of hydrogen-bond acceptors (Lipinski definition) is 3. The van der Waals surface area contributed by atoms with Gasteiger partial charge in [-0.15, -0.1) is 11.3 Å². The van der Waals surface area contributed by atoms with Crippen molar-refractivity contribution in [2.24, 2.45) is 0 Å². The normalized spacial score (nSPS) is 11.8. The van der Waals surface area contributed by atoms with Crippen molar-refractivity contribution in [3.8, 4) is 11.3 Å². The third kappa shape index (κ3) is 1.91. The summed E-state index contributed by atoms with van der Waals surface area (Å²) in [5.74, 6) is 0. The molecule has 116 valence electrons. The van der Waals surface area contributed by atoms with E-state index in [9.17, 15) is 0 Å². The Labute approximate surface area is 143 Å². The number of hydrogen-bond donors (Lipinski definition) is 0. The summed E-state index contributed by atoms with van der Waals surface area (Å²) in [5.41, 5.74) is 5.01. The van der Waals surface area contributed by atoms with E-state index in [0.29, 0.717) is 0 Å². The molecule has 0 aliphatic heterocycles. The molecule has 3 heteroatoms. The molecule has 24 heavy (non-hydrogen) atoms. The smallest absolute Gasteiger partial charge is 0.144 e. The quantitative estimate of drug-likeness (QED) is 0.352. The van der Waals surface area contributed by atoms with Gasteiger partial charge >= 0.3 is 0 Å². The first kappa shape index (κ1) is 13.8. The SMILES string of the molecule is Cc1ccc(-c2cccc3c2oc2ccc4sc(C)cc4c23)nc1. The van der Waals surface area contributed by atoms with Gasteiger partial charge in [-0.05, 0) is 49.7 Å². The van der Waals surface area contributed by atoms with Crippen LogP contribution in [-0.2, 0) is 0 Å². The van der Waals surface area contributed by atoms with Crippen LogP contribution in [-0.4, -0.2) is 4.98 Å². The van der Waals surface area contributed by atoms with Crippen LogP contribution in [0.3, 0.4) is 0 Å². The molecule has 0 atom stereocenters. The maximum absolute atomic E-state index is 6.25. The van der Waals surface area contributed by atoms with Gasteiger partial charge in [0.15, 0.2) is 0 Å². The summed E-state index contributed by atoms with van der Waals surface area (Å²) in [4.78, 5) is 5.90. The molecule has 0 N–H and O–H groups in total. The van der Waals surface area contributed by atoms with E-state index in [2.05, 4.69) is 60.4 Å². The maximum Gasteiger partial charge on any atom is 0.144 e. The van der Waals surface area contributed by atoms with Gasteiger partial charge in [-0.2, -0.15) is 0 Å². The number of furan rings is 1. The average Bonchev–Trinajstić information content (AvgIpc) is 3.14. The van der Waals surface area contributed by atoms with Gasteiger partial charge in [-0.3, -0.25) is 4.98 Å². The zero-order valence-electron chi connectivity index (χ0n) is 13.5. The molecule has 3 aromatic heterocycles. The molecule has 0 radical (unpaired) electrons. The molecule has 2 aromatic carbocycles. The van der Waals surface area contributed by atoms with Crippen molar-refractivity contribution in [3.05, 3.63) is 65.2 Å². The molecule has 0 spiro atoms. The van der Waals surface area contributed by atoms with E-state index in [-0.39, 0.29) is 0 Å². The van der Waals surface area contributed by atoms with Crippen molar-refractivity contribution in [1.29, 1.82) is 0 Å². The van der Waals surface area contributed by atoms with Crippen molar-refractivity contribution < 1.29 is 4.42 Å². The Balaban J connectivity index is 1.91. The highest BCUT2D eigenvalue weighted by molar-refractivity contribution is 7.19. The van der Waals surface area contributed by atoms with Crippen LogP contribution in [0.2, 0.25) is 0 Å². The zero-order valence-corrected chi connectivity index (χ0v) is 14.3. The standard InChI is InChI=1S/C21H15NOS/c1-12-6-7-17(22-11-12)14-4-3-5-15-20-16-10-13(2)24-19(16)9-8-18(20)23-21(14)15/h3-11H,1-2H3. The van der Waals surface area contributed by atoms with Crippen LogP contribution in [0.15, 0.2) is 59.1 Å². The van der Waals surface area contributed by atoms with E-state index < -0.39 is 0 Å². The minimum absolute atomic E-state index is 0.917. The number of para-hydroxylation sites is 1. The molecule has 0 unspecified atom stereocenters. The molecule has 0 saturated carbocycles. The second kappa shape index (κ2) is 4.92. The Morgan fingerprint density at radius 3 is 2.71 bits per heavy atom. The Kier molecular flexibility index (Phi) is 2.82. The minimum atomic E-state index is 0.917. The molecule has 0 aliphatic rings. The maximum atomic E-state index is 6.25. The second-order valence-electron chi connectivity index (χ2n) is 6.21. The first-order valence-electron chi connectivity index (χ1n) is 7.98. The van der Waals surface area contributed by atoms with Crippen molar-refractivity contribution >= 4 is 43.4 Å². The van der Waals surface area contributed by atoms with Crippen LogP contribution in [0.5, 0.6) is 0 Å². The summed E-state index contributed by atoms with van der Waals surface area (Å²) < 4.78 is 7.56. The topological polar surface area (TPSA) is 26.0 Å². The minimum Gasteiger partial charge on any atom is -0.455 e. The highest BCUT2D eigenvalue weighted by Crippen LogP contribution is 2.40. The van der Waals surface area contributed by atoms with Crippen molar-refractivity contribution in [1.82, 2.24) is 4.98 Å². The predicted octanol–water partition coefficient (Wildman–Crippen LogP) is 6.48. The van der Waals surface area contributed by atoms with Crippen LogP contribution in [0.25, 0.3) is 43.3 Å². The molecule has 0 bridgehead atoms. The van der Waals surface area contributed by atoms with Crippen molar-refractivity contribution in [2.45, 2.75) is 13.8 Å². The largest absolute Gasteiger partial charge is 0.455 e. The van der Waals surface area contributed by atoms with Gasteiger partial charge in [-0.25, -0.2) is 0 Å². The molecular formula is C21H15NOS. The van der Waals surface area contributed by atoms with Crippen LogP contribution >= 0.6 is 11.3 Å². The number of nitrogens with zero attached hydrogens (tertiary/aromatic N) is 1. The van der Waals surface area contributed by atoms with Crippen LogP contribution in [0, 0.1) is 13.8 Å². The van der Waals surface area contributed by atoms with Gasteiger partial charge in [-0.1, -0.05) is 18.2 Å². The van der Waals surface area contributed by atoms with E-state index >= 15 is 0 Å². The van der Waals surface area contributed by atoms with E-state index in [1.807, 2.05) is 24.5 Å². The van der Waals surface area contributed by atoms with Crippen LogP contribution < -0.4 is 0 Å². The van der Waals surface area contributed by atoms with Gasteiger partial charge in [0.1, 0.15) is 11.2 Å². The van der Waals surface area contributed by atoms with E-state index in [1.165, 1.54) is 20.3 Å². The third-order valence-corrected chi connectivity index (χ3v) is 5.49. The van der Waals surface area contributed by atoms with E-state index in [0.717, 1.165) is 33.4 Å². The summed E-state index contributed by atoms with van der Waals surface area (Å²) in [6.45, 7) is 4.20. The molecule has 5 aromatic rings. The Bertz CT molecular complexity index is 1210. The lowest BCUT2D eigenvalue weighted by Gasteiger charge is -2.02. The lowest BCUT2D eigenvalue weighted by Crippen LogP contribution is -1.84. The number of fused-ring (bicyclic) bond motifs is 5. The molecule has 0 aliphatic carbocycles. The molecule has 0 amide bonds. The van der Waals surface area contributed by atoms with Crippen LogP contribution in [0.4, 0.5) is 0 Å². The number of aromatic nitrogens is 1. The molecule has 0 saturated heterocycles. The third-order valence-electron chi connectivity index (χ3n) is 4.47. The first-order valence-corrected chi connectivity index (χ1v) is 8.80. The summed E-state index contributed by atoms with van der Waals surface area (Å²) in [5, 5.41) is 3.65. The van der Waals surface area contributed by atoms with Crippen LogP contribution in [0.1, 0.15) is 10.4 Å². The lowest BCUT2D eigenvalue weighted by molar-refractivity contribution is 0.670. The fourth-order valence-electron chi connectivity index (χ4n) is 3.36. The predicted molar refractivity (Wildman–Crippen MR) is 102 cm³/mol. The fraction of sp³-hybridized carbons (Fsp3) is 0.0952. The second-order valence-corrected chi connectivity index (χ2v) is 7.50. The van der Waals surface area contributed by atoms with Crippen molar-refractivity contribution in [2.75, 3.05) is 0 Å². The molecule has 2 nitrogen and oxygen atoms in total. The number of pyridine rings is 1. The molecule has 3 heterocycles. The highest BCUT2D eigenvalue weighted by Gasteiger charge is 2.15. The van der Waals surface area contributed by atoms with E-state index in [4.69, 9.17) is 4.42 Å². The van der Waals surface area contributed by atoms with Crippen molar-refractivity contribution in [3.63, 3.8) is 0 Å². The lowest BCUT2D eigenvalue weighted by atomic mass is 10.0. The summed E-state index contributed by atoms with van der Waals surface area (Å²) in [6, 6.07) is 17.0. The fourth-order valence-corrected chi connectivity index (χ4v) is 4.30. The Morgan fingerprint density at radius 2 is 1.88 bits per heavy atom. The number of thiophene rings is 1. The van der Waals surface area contributed by atoms with Gasteiger partial charge < -0.3 is 4.42 Å². The summed E-state index contributed by atoms with van der Waals surface area (Å²) in [7, 11) is 0. The first-order chi connectivity index (χ1) is 11.7. The van der Waals surface area contributed by atoms with E-state index in [1.54, 1.807) is 0 Å². The Hall–Kier alpha value is -2.65. The molecule has 0 fully saturated rings. The average molecular weight is 329 g/mol. The number of benzene rings is 2.